The monoisotopic (exact) mass is 355 g/mol. The molecule has 1 aromatic heterocycles. The summed E-state index contributed by atoms with van der Waals surface area (Å²) in [5.41, 5.74) is 4.90. The van der Waals surface area contributed by atoms with Crippen LogP contribution in [0.3, 0.4) is 0 Å². The molecule has 0 spiro atoms. The first-order valence-corrected chi connectivity index (χ1v) is 9.80. The van der Waals surface area contributed by atoms with Crippen molar-refractivity contribution in [2.24, 2.45) is 0 Å². The highest BCUT2D eigenvalue weighted by molar-refractivity contribution is 8.03. The molecule has 0 radical (unpaired) electrons. The Hall–Kier alpha value is -1.78. The van der Waals surface area contributed by atoms with E-state index in [1.54, 1.807) is 0 Å². The molecule has 0 saturated heterocycles. The van der Waals surface area contributed by atoms with E-state index < -0.39 is 0 Å². The lowest BCUT2D eigenvalue weighted by molar-refractivity contribution is -0.735. The van der Waals surface area contributed by atoms with Gasteiger partial charge in [-0.1, -0.05) is 30.8 Å². The molecule has 0 saturated carbocycles. The molecule has 4 heteroatoms. The summed E-state index contributed by atoms with van der Waals surface area (Å²) < 4.78 is 2.25. The number of aliphatic hydroxyl groups is 1. The molecule has 2 heterocycles. The van der Waals surface area contributed by atoms with Crippen molar-refractivity contribution in [1.29, 1.82) is 0 Å². The average molecular weight is 356 g/mol. The van der Waals surface area contributed by atoms with Gasteiger partial charge in [0.05, 0.1) is 10.7 Å². The van der Waals surface area contributed by atoms with E-state index >= 15 is 0 Å². The van der Waals surface area contributed by atoms with E-state index in [4.69, 9.17) is 0 Å². The van der Waals surface area contributed by atoms with Crippen LogP contribution in [-0.4, -0.2) is 18.3 Å². The molecule has 0 unspecified atom stereocenters. The predicted molar refractivity (Wildman–Crippen MR) is 106 cm³/mol. The standard InChI is InChI=1S/C21H27N2OS/c1-5-18(14-24)23-15(3)11-17(12-16(23)4)13-21-22(6-2)19-9-7-8-10-20(19)25-21/h7-13,18,24H,5-6,14H2,1-4H3/q+1/t18-/m0/s1. The Morgan fingerprint density at radius 3 is 2.44 bits per heavy atom. The largest absolute Gasteiger partial charge is 0.389 e. The summed E-state index contributed by atoms with van der Waals surface area (Å²) in [4.78, 5) is 3.69. The SMILES string of the molecule is CC[C@@H](CO)[n+]1c(C)cc(C=C2Sc3ccccc3N2CC)cc1C. The molecule has 3 rings (SSSR count). The van der Waals surface area contributed by atoms with Gasteiger partial charge in [-0.2, -0.15) is 4.57 Å². The molecule has 132 valence electrons. The fraction of sp³-hybridized carbons (Fsp3) is 0.381. The summed E-state index contributed by atoms with van der Waals surface area (Å²) in [7, 11) is 0. The second kappa shape index (κ2) is 7.63. The topological polar surface area (TPSA) is 27.4 Å². The molecule has 0 bridgehead atoms. The number of aromatic nitrogens is 1. The maximum atomic E-state index is 9.65. The highest BCUT2D eigenvalue weighted by Crippen LogP contribution is 2.46. The van der Waals surface area contributed by atoms with Gasteiger partial charge in [0.1, 0.15) is 6.61 Å². The third-order valence-electron chi connectivity index (χ3n) is 4.80. The Morgan fingerprint density at radius 1 is 1.16 bits per heavy atom. The third kappa shape index (κ3) is 3.46. The van der Waals surface area contributed by atoms with E-state index in [9.17, 15) is 5.11 Å². The van der Waals surface area contributed by atoms with Crippen molar-refractivity contribution in [3.63, 3.8) is 0 Å². The fourth-order valence-corrected chi connectivity index (χ4v) is 4.81. The van der Waals surface area contributed by atoms with Gasteiger partial charge in [0.15, 0.2) is 17.4 Å². The number of hydrogen-bond acceptors (Lipinski definition) is 3. The van der Waals surface area contributed by atoms with Crippen LogP contribution in [-0.2, 0) is 0 Å². The second-order valence-corrected chi connectivity index (χ2v) is 7.54. The van der Waals surface area contributed by atoms with Gasteiger partial charge in [-0.15, -0.1) is 0 Å². The van der Waals surface area contributed by atoms with E-state index in [0.717, 1.165) is 13.0 Å². The highest BCUT2D eigenvalue weighted by Gasteiger charge is 2.25. The van der Waals surface area contributed by atoms with Crippen molar-refractivity contribution in [2.75, 3.05) is 18.1 Å². The number of pyridine rings is 1. The maximum Gasteiger partial charge on any atom is 0.181 e. The van der Waals surface area contributed by atoms with Gasteiger partial charge >= 0.3 is 0 Å². The number of para-hydroxylation sites is 1. The summed E-state index contributed by atoms with van der Waals surface area (Å²) in [5.74, 6) is 0. The second-order valence-electron chi connectivity index (χ2n) is 6.48. The highest BCUT2D eigenvalue weighted by atomic mass is 32.2. The molecule has 1 aliphatic rings. The van der Waals surface area contributed by atoms with Gasteiger partial charge in [0.2, 0.25) is 0 Å². The van der Waals surface area contributed by atoms with Crippen molar-refractivity contribution >= 4 is 23.5 Å². The minimum atomic E-state index is 0.152. The molecular formula is C21H27N2OS+. The number of anilines is 1. The van der Waals surface area contributed by atoms with E-state index in [1.165, 1.54) is 32.6 Å². The first-order chi connectivity index (χ1) is 12.1. The lowest BCUT2D eigenvalue weighted by Crippen LogP contribution is -2.46. The van der Waals surface area contributed by atoms with Crippen LogP contribution < -0.4 is 9.47 Å². The maximum absolute atomic E-state index is 9.65. The van der Waals surface area contributed by atoms with E-state index in [0.29, 0.717) is 0 Å². The van der Waals surface area contributed by atoms with Gasteiger partial charge in [-0.3, -0.25) is 0 Å². The lowest BCUT2D eigenvalue weighted by Gasteiger charge is -2.18. The summed E-state index contributed by atoms with van der Waals surface area (Å²) in [6.45, 7) is 9.71. The number of rotatable bonds is 5. The average Bonchev–Trinajstić information content (AvgIpc) is 2.95. The number of fused-ring (bicyclic) bond motifs is 1. The number of aryl methyl sites for hydroxylation is 2. The number of nitrogens with zero attached hydrogens (tertiary/aromatic N) is 2. The third-order valence-corrected chi connectivity index (χ3v) is 5.91. The van der Waals surface area contributed by atoms with Gasteiger partial charge < -0.3 is 10.0 Å². The smallest absolute Gasteiger partial charge is 0.181 e. The molecule has 0 fully saturated rings. The molecular weight excluding hydrogens is 328 g/mol. The van der Waals surface area contributed by atoms with E-state index in [1.807, 2.05) is 11.8 Å². The van der Waals surface area contributed by atoms with Crippen LogP contribution in [0, 0.1) is 13.8 Å². The minimum absolute atomic E-state index is 0.152. The molecule has 0 amide bonds. The number of aliphatic hydroxyl groups excluding tert-OH is 1. The van der Waals surface area contributed by atoms with E-state index in [-0.39, 0.29) is 12.6 Å². The first-order valence-electron chi connectivity index (χ1n) is 8.98. The molecule has 2 aromatic rings. The fourth-order valence-electron chi connectivity index (χ4n) is 3.62. The summed E-state index contributed by atoms with van der Waals surface area (Å²) in [5, 5.41) is 10.9. The Kier molecular flexibility index (Phi) is 5.50. The number of benzene rings is 1. The Bertz CT molecular complexity index is 773. The molecule has 1 aliphatic heterocycles. The molecule has 1 aromatic carbocycles. The zero-order valence-electron chi connectivity index (χ0n) is 15.5. The zero-order valence-corrected chi connectivity index (χ0v) is 16.3. The van der Waals surface area contributed by atoms with Crippen molar-refractivity contribution in [2.45, 2.75) is 45.1 Å². The Balaban J connectivity index is 1.97. The predicted octanol–water partition coefficient (Wildman–Crippen LogP) is 4.46. The Morgan fingerprint density at radius 2 is 1.84 bits per heavy atom. The summed E-state index contributed by atoms with van der Waals surface area (Å²) >= 11 is 1.84. The Labute approximate surface area is 155 Å². The van der Waals surface area contributed by atoms with Crippen molar-refractivity contribution in [3.05, 3.63) is 58.4 Å². The van der Waals surface area contributed by atoms with Crippen molar-refractivity contribution in [1.82, 2.24) is 0 Å². The lowest BCUT2D eigenvalue weighted by atomic mass is 10.1. The molecule has 3 nitrogen and oxygen atoms in total. The normalized spacial score (nSPS) is 16.4. The molecule has 25 heavy (non-hydrogen) atoms. The van der Waals surface area contributed by atoms with Gasteiger partial charge in [-0.05, 0) is 30.7 Å². The number of hydrogen-bond donors (Lipinski definition) is 1. The summed E-state index contributed by atoms with van der Waals surface area (Å²) in [6, 6.07) is 13.2. The van der Waals surface area contributed by atoms with Crippen LogP contribution in [0.1, 0.15) is 43.3 Å². The van der Waals surface area contributed by atoms with Gasteiger partial charge in [-0.25, -0.2) is 0 Å². The van der Waals surface area contributed by atoms with Crippen LogP contribution in [0.25, 0.3) is 6.08 Å². The van der Waals surface area contributed by atoms with Gasteiger partial charge in [0, 0.05) is 43.8 Å². The van der Waals surface area contributed by atoms with Gasteiger partial charge in [0.25, 0.3) is 0 Å². The summed E-state index contributed by atoms with van der Waals surface area (Å²) in [6.07, 6.45) is 3.20. The van der Waals surface area contributed by atoms with Crippen LogP contribution >= 0.6 is 11.8 Å². The van der Waals surface area contributed by atoms with E-state index in [2.05, 4.69) is 79.6 Å². The minimum Gasteiger partial charge on any atom is -0.389 e. The number of thioether (sulfide) groups is 1. The van der Waals surface area contributed by atoms with Crippen LogP contribution in [0.4, 0.5) is 5.69 Å². The zero-order chi connectivity index (χ0) is 18.0. The molecule has 1 atom stereocenters. The van der Waals surface area contributed by atoms with Crippen molar-refractivity contribution in [3.8, 4) is 0 Å². The van der Waals surface area contributed by atoms with Crippen LogP contribution in [0.15, 0.2) is 46.3 Å². The van der Waals surface area contributed by atoms with Crippen LogP contribution in [0.5, 0.6) is 0 Å². The first kappa shape index (κ1) is 18.0. The van der Waals surface area contributed by atoms with Crippen molar-refractivity contribution < 1.29 is 9.67 Å². The van der Waals surface area contributed by atoms with Crippen LogP contribution in [0.2, 0.25) is 0 Å². The molecule has 0 aliphatic carbocycles. The molecule has 1 N–H and O–H groups in total. The quantitative estimate of drug-likeness (QED) is 0.802.